The van der Waals surface area contributed by atoms with E-state index in [1.54, 1.807) is 12.2 Å². The van der Waals surface area contributed by atoms with Crippen molar-refractivity contribution in [3.63, 3.8) is 0 Å². The van der Waals surface area contributed by atoms with Crippen LogP contribution in [-0.2, 0) is 10.0 Å². The molecule has 0 fully saturated rings. The Bertz CT molecular complexity index is 475. The number of rotatable bonds is 4. The molecule has 4 nitrogen and oxygen atoms in total. The Balaban J connectivity index is 3.10. The average molecular weight is 278 g/mol. The summed E-state index contributed by atoms with van der Waals surface area (Å²) in [4.78, 5) is 0.0226. The minimum atomic E-state index is -3.67. The first kappa shape index (κ1) is 14.4. The minimum Gasteiger partial charge on any atom is -0.395 e. The zero-order valence-corrected chi connectivity index (χ0v) is 11.3. The number of hydrogen-bond acceptors (Lipinski definition) is 3. The van der Waals surface area contributed by atoms with Crippen molar-refractivity contribution in [3.05, 3.63) is 34.2 Å². The van der Waals surface area contributed by atoms with Gasteiger partial charge in [0.1, 0.15) is 4.91 Å². The summed E-state index contributed by atoms with van der Waals surface area (Å²) < 4.78 is 26.0. The number of sulfonamides is 1. The Morgan fingerprint density at radius 1 is 1.35 bits per heavy atom. The minimum absolute atomic E-state index is 0.0226. The van der Waals surface area contributed by atoms with Gasteiger partial charge in [0.05, 0.1) is 11.6 Å². The van der Waals surface area contributed by atoms with Crippen LogP contribution in [0.5, 0.6) is 0 Å². The lowest BCUT2D eigenvalue weighted by Gasteiger charge is -2.12. The van der Waals surface area contributed by atoms with Gasteiger partial charge in [-0.25, -0.2) is 13.1 Å². The van der Waals surface area contributed by atoms with E-state index in [1.165, 1.54) is 6.08 Å². The molecule has 1 aliphatic rings. The highest BCUT2D eigenvalue weighted by molar-refractivity contribution is 7.93. The summed E-state index contributed by atoms with van der Waals surface area (Å²) in [5.74, 6) is 0. The Morgan fingerprint density at radius 3 is 2.53 bits per heavy atom. The van der Waals surface area contributed by atoms with Gasteiger partial charge in [-0.3, -0.25) is 0 Å². The predicted molar refractivity (Wildman–Crippen MR) is 68.9 cm³/mol. The van der Waals surface area contributed by atoms with E-state index < -0.39 is 10.0 Å². The third kappa shape index (κ3) is 3.96. The van der Waals surface area contributed by atoms with Crippen LogP contribution in [0.4, 0.5) is 0 Å². The summed E-state index contributed by atoms with van der Waals surface area (Å²) in [6.07, 6.45) is 6.67. The van der Waals surface area contributed by atoms with Crippen LogP contribution < -0.4 is 4.72 Å². The smallest absolute Gasteiger partial charge is 0.242 e. The Labute approximate surface area is 107 Å². The maximum atomic E-state index is 11.9. The van der Waals surface area contributed by atoms with Crippen LogP contribution in [-0.4, -0.2) is 26.7 Å². The number of allylic oxidation sites excluding steroid dienone is 5. The Hall–Kier alpha value is -0.620. The van der Waals surface area contributed by atoms with Gasteiger partial charge in [-0.2, -0.15) is 0 Å². The van der Waals surface area contributed by atoms with E-state index in [4.69, 9.17) is 16.7 Å². The molecule has 0 aromatic rings. The van der Waals surface area contributed by atoms with Crippen LogP contribution in [0.1, 0.15) is 13.8 Å². The summed E-state index contributed by atoms with van der Waals surface area (Å²) in [6.45, 7) is 3.61. The number of nitrogens with one attached hydrogen (secondary N) is 1. The molecule has 0 aromatic carbocycles. The SMILES string of the molecule is CC1(C)C=CC(Cl)=C(S(=O)(=O)NCCO)C=C1. The van der Waals surface area contributed by atoms with Gasteiger partial charge in [-0.1, -0.05) is 37.6 Å². The molecular formula is C11H16ClNO3S. The lowest BCUT2D eigenvalue weighted by molar-refractivity contribution is 0.301. The zero-order chi connectivity index (χ0) is 13.1. The van der Waals surface area contributed by atoms with Gasteiger partial charge >= 0.3 is 0 Å². The van der Waals surface area contributed by atoms with Gasteiger partial charge < -0.3 is 5.11 Å². The molecule has 0 bridgehead atoms. The first-order chi connectivity index (χ1) is 7.78. The summed E-state index contributed by atoms with van der Waals surface area (Å²) >= 11 is 5.94. The fourth-order valence-corrected chi connectivity index (χ4v) is 2.79. The molecule has 0 atom stereocenters. The molecule has 0 radical (unpaired) electrons. The normalized spacial score (nSPS) is 19.5. The van der Waals surface area contributed by atoms with Gasteiger partial charge in [0.15, 0.2) is 0 Å². The van der Waals surface area contributed by atoms with E-state index in [1.807, 2.05) is 19.9 Å². The zero-order valence-electron chi connectivity index (χ0n) is 9.77. The maximum Gasteiger partial charge on any atom is 0.242 e. The maximum absolute atomic E-state index is 11.9. The van der Waals surface area contributed by atoms with Gasteiger partial charge in [0.2, 0.25) is 10.0 Å². The predicted octanol–water partition coefficient (Wildman–Crippen LogP) is 1.50. The van der Waals surface area contributed by atoms with Gasteiger partial charge in [-0.15, -0.1) is 0 Å². The van der Waals surface area contributed by atoms with E-state index in [0.717, 1.165) is 0 Å². The number of aliphatic hydroxyl groups excluding tert-OH is 1. The molecule has 1 aliphatic carbocycles. The van der Waals surface area contributed by atoms with Gasteiger partial charge in [0.25, 0.3) is 0 Å². The second-order valence-corrected chi connectivity index (χ2v) is 6.46. The lowest BCUT2D eigenvalue weighted by Crippen LogP contribution is -2.27. The van der Waals surface area contributed by atoms with Crippen LogP contribution in [0.2, 0.25) is 0 Å². The van der Waals surface area contributed by atoms with E-state index >= 15 is 0 Å². The van der Waals surface area contributed by atoms with Crippen molar-refractivity contribution >= 4 is 21.6 Å². The number of hydrogen-bond donors (Lipinski definition) is 2. The highest BCUT2D eigenvalue weighted by atomic mass is 35.5. The third-order valence-electron chi connectivity index (χ3n) is 2.25. The second-order valence-electron chi connectivity index (χ2n) is 4.32. The van der Waals surface area contributed by atoms with Crippen LogP contribution >= 0.6 is 11.6 Å². The first-order valence-corrected chi connectivity index (χ1v) is 7.03. The van der Waals surface area contributed by atoms with E-state index in [2.05, 4.69) is 4.72 Å². The Kier molecular flexibility index (Phi) is 4.55. The van der Waals surface area contributed by atoms with E-state index in [-0.39, 0.29) is 28.5 Å². The highest BCUT2D eigenvalue weighted by Gasteiger charge is 2.21. The number of halogens is 1. The molecule has 1 rings (SSSR count). The molecular weight excluding hydrogens is 262 g/mol. The van der Waals surface area contributed by atoms with Crippen LogP contribution in [0.15, 0.2) is 34.2 Å². The highest BCUT2D eigenvalue weighted by Crippen LogP contribution is 2.28. The van der Waals surface area contributed by atoms with Crippen molar-refractivity contribution in [2.75, 3.05) is 13.2 Å². The van der Waals surface area contributed by atoms with Crippen molar-refractivity contribution in [1.29, 1.82) is 0 Å². The summed E-state index contributed by atoms with van der Waals surface area (Å²) in [6, 6.07) is 0. The standard InChI is InChI=1S/C11H16ClNO3S/c1-11(2)5-3-9(12)10(4-6-11)17(15,16)13-7-8-14/h3-6,13-14H,7-8H2,1-2H3. The van der Waals surface area contributed by atoms with Gasteiger partial charge in [0, 0.05) is 12.0 Å². The fourth-order valence-electron chi connectivity index (χ4n) is 1.27. The lowest BCUT2D eigenvalue weighted by atomic mass is 9.93. The van der Waals surface area contributed by atoms with Crippen molar-refractivity contribution in [2.24, 2.45) is 5.41 Å². The van der Waals surface area contributed by atoms with Gasteiger partial charge in [-0.05, 0) is 12.2 Å². The summed E-state index contributed by atoms with van der Waals surface area (Å²) in [5, 5.41) is 8.79. The molecule has 96 valence electrons. The third-order valence-corrected chi connectivity index (χ3v) is 4.21. The van der Waals surface area contributed by atoms with E-state index in [9.17, 15) is 8.42 Å². The molecule has 0 amide bonds. The first-order valence-electron chi connectivity index (χ1n) is 5.17. The average Bonchev–Trinajstić information content (AvgIpc) is 2.36. The molecule has 0 saturated carbocycles. The van der Waals surface area contributed by atoms with Crippen molar-refractivity contribution in [1.82, 2.24) is 4.72 Å². The Morgan fingerprint density at radius 2 is 1.94 bits per heavy atom. The molecule has 2 N–H and O–H groups in total. The molecule has 0 unspecified atom stereocenters. The molecule has 0 heterocycles. The second kappa shape index (κ2) is 5.35. The fraction of sp³-hybridized carbons (Fsp3) is 0.455. The molecule has 6 heteroatoms. The molecule has 17 heavy (non-hydrogen) atoms. The monoisotopic (exact) mass is 277 g/mol. The van der Waals surface area contributed by atoms with Crippen molar-refractivity contribution < 1.29 is 13.5 Å². The molecule has 0 aliphatic heterocycles. The van der Waals surface area contributed by atoms with Crippen molar-refractivity contribution in [2.45, 2.75) is 13.8 Å². The van der Waals surface area contributed by atoms with Crippen LogP contribution in [0, 0.1) is 5.41 Å². The number of aliphatic hydroxyl groups is 1. The molecule has 0 aromatic heterocycles. The topological polar surface area (TPSA) is 66.4 Å². The van der Waals surface area contributed by atoms with Crippen LogP contribution in [0.25, 0.3) is 0 Å². The molecule has 0 spiro atoms. The molecule has 0 saturated heterocycles. The van der Waals surface area contributed by atoms with E-state index in [0.29, 0.717) is 0 Å². The van der Waals surface area contributed by atoms with Crippen LogP contribution in [0.3, 0.4) is 0 Å². The largest absolute Gasteiger partial charge is 0.395 e. The summed E-state index contributed by atoms with van der Waals surface area (Å²) in [7, 11) is -3.67. The summed E-state index contributed by atoms with van der Waals surface area (Å²) in [5.41, 5.74) is -0.242. The quantitative estimate of drug-likeness (QED) is 0.818. The van der Waals surface area contributed by atoms with Crippen molar-refractivity contribution in [3.8, 4) is 0 Å².